The normalized spacial score (nSPS) is 11.4. The van der Waals surface area contributed by atoms with Crippen molar-refractivity contribution in [2.75, 3.05) is 4.72 Å². The first-order valence-electron chi connectivity index (χ1n) is 8.41. The van der Waals surface area contributed by atoms with Crippen molar-refractivity contribution in [3.8, 4) is 6.07 Å². The minimum Gasteiger partial charge on any atom is -0.478 e. The van der Waals surface area contributed by atoms with Gasteiger partial charge < -0.3 is 10.4 Å². The summed E-state index contributed by atoms with van der Waals surface area (Å²) in [4.78, 5) is 22.7. The lowest BCUT2D eigenvalue weighted by Gasteiger charge is -2.23. The van der Waals surface area contributed by atoms with E-state index in [1.54, 1.807) is 13.8 Å². The Hall–Kier alpha value is -3.52. The van der Waals surface area contributed by atoms with Crippen LogP contribution in [0.4, 0.5) is 14.5 Å². The Kier molecular flexibility index (Phi) is 6.42. The highest BCUT2D eigenvalue weighted by Gasteiger charge is 2.23. The van der Waals surface area contributed by atoms with E-state index >= 15 is 0 Å². The summed E-state index contributed by atoms with van der Waals surface area (Å²) in [6.45, 7) is 3.31. The summed E-state index contributed by atoms with van der Waals surface area (Å²) in [6.07, 6.45) is 0.0674. The van der Waals surface area contributed by atoms with Gasteiger partial charge in [-0.05, 0) is 44.2 Å². The number of benzene rings is 2. The van der Waals surface area contributed by atoms with E-state index in [1.807, 2.05) is 10.8 Å². The topological polar surface area (TPSA) is 136 Å². The van der Waals surface area contributed by atoms with Crippen molar-refractivity contribution >= 4 is 27.6 Å². The number of carboxylic acids is 1. The van der Waals surface area contributed by atoms with Crippen molar-refractivity contribution in [1.82, 2.24) is 5.32 Å². The Morgan fingerprint density at radius 2 is 1.73 bits per heavy atom. The van der Waals surface area contributed by atoms with E-state index in [0.29, 0.717) is 12.1 Å². The number of aromatic carboxylic acids is 1. The van der Waals surface area contributed by atoms with E-state index in [1.165, 1.54) is 12.1 Å². The number of amides is 1. The quantitative estimate of drug-likeness (QED) is 0.609. The van der Waals surface area contributed by atoms with Crippen molar-refractivity contribution in [1.29, 1.82) is 5.26 Å². The molecule has 11 heteroatoms. The Labute approximate surface area is 171 Å². The second-order valence-electron chi connectivity index (χ2n) is 6.92. The lowest BCUT2D eigenvalue weighted by atomic mass is 10.0. The molecule has 2 rings (SSSR count). The molecular weight excluding hydrogens is 420 g/mol. The van der Waals surface area contributed by atoms with Crippen molar-refractivity contribution in [3.05, 3.63) is 59.2 Å². The summed E-state index contributed by atoms with van der Waals surface area (Å²) in [6, 6.07) is 7.36. The highest BCUT2D eigenvalue weighted by atomic mass is 32.2. The van der Waals surface area contributed by atoms with Crippen LogP contribution in [0, 0.1) is 23.0 Å². The second-order valence-corrected chi connectivity index (χ2v) is 8.60. The summed E-state index contributed by atoms with van der Waals surface area (Å²) in [5, 5.41) is 20.2. The predicted octanol–water partition coefficient (Wildman–Crippen LogP) is 2.89. The number of nitriles is 1. The Morgan fingerprint density at radius 3 is 2.27 bits per heavy atom. The fourth-order valence-electron chi connectivity index (χ4n) is 2.40. The lowest BCUT2D eigenvalue weighted by Crippen LogP contribution is -2.43. The molecule has 0 atom stereocenters. The molecule has 0 radical (unpaired) electrons. The Morgan fingerprint density at radius 1 is 1.13 bits per heavy atom. The minimum atomic E-state index is -4.35. The number of carbonyl (C=O) groups is 2. The van der Waals surface area contributed by atoms with Crippen LogP contribution in [0.15, 0.2) is 41.3 Å². The molecule has 0 saturated heterocycles. The van der Waals surface area contributed by atoms with Gasteiger partial charge in [0.1, 0.15) is 11.6 Å². The van der Waals surface area contributed by atoms with Crippen LogP contribution < -0.4 is 10.0 Å². The van der Waals surface area contributed by atoms with Crippen LogP contribution >= 0.6 is 0 Å². The average Bonchev–Trinajstić information content (AvgIpc) is 2.63. The highest BCUT2D eigenvalue weighted by Crippen LogP contribution is 2.23. The molecule has 8 nitrogen and oxygen atoms in total. The molecule has 2 aromatic carbocycles. The molecule has 0 aromatic heterocycles. The van der Waals surface area contributed by atoms with Gasteiger partial charge in [0.2, 0.25) is 0 Å². The van der Waals surface area contributed by atoms with Crippen LogP contribution in [0.3, 0.4) is 0 Å². The van der Waals surface area contributed by atoms with Gasteiger partial charge in [0, 0.05) is 17.2 Å². The largest absolute Gasteiger partial charge is 0.478 e. The minimum absolute atomic E-state index is 0.0674. The third-order valence-electron chi connectivity index (χ3n) is 3.93. The molecule has 0 bridgehead atoms. The van der Waals surface area contributed by atoms with Crippen molar-refractivity contribution in [2.24, 2.45) is 0 Å². The number of carbonyl (C=O) groups excluding carboxylic acids is 1. The van der Waals surface area contributed by atoms with Gasteiger partial charge in [-0.25, -0.2) is 22.0 Å². The maximum atomic E-state index is 14.0. The second kappa shape index (κ2) is 8.46. The number of sulfonamides is 1. The molecule has 0 saturated carbocycles. The van der Waals surface area contributed by atoms with Crippen LogP contribution in [-0.2, 0) is 10.0 Å². The fourth-order valence-corrected chi connectivity index (χ4v) is 3.46. The first-order chi connectivity index (χ1) is 13.9. The van der Waals surface area contributed by atoms with Gasteiger partial charge in [0.15, 0.2) is 0 Å². The molecule has 0 spiro atoms. The zero-order chi connectivity index (χ0) is 22.7. The Bertz CT molecular complexity index is 1140. The maximum absolute atomic E-state index is 14.0. The molecule has 0 aliphatic heterocycles. The van der Waals surface area contributed by atoms with Crippen molar-refractivity contribution in [3.63, 3.8) is 0 Å². The van der Waals surface area contributed by atoms with Crippen LogP contribution in [0.2, 0.25) is 0 Å². The molecule has 0 aliphatic rings. The Balaban J connectivity index is 2.24. The number of rotatable bonds is 7. The number of nitrogens with one attached hydrogen (secondary N) is 2. The zero-order valence-corrected chi connectivity index (χ0v) is 16.7. The van der Waals surface area contributed by atoms with E-state index in [9.17, 15) is 26.8 Å². The van der Waals surface area contributed by atoms with E-state index in [4.69, 9.17) is 10.4 Å². The third kappa shape index (κ3) is 5.30. The molecule has 1 amide bonds. The summed E-state index contributed by atoms with van der Waals surface area (Å²) in [5.41, 5.74) is -2.37. The molecular formula is C19H17F2N3O5S. The number of nitrogens with zero attached hydrogens (tertiary/aromatic N) is 1. The third-order valence-corrected chi connectivity index (χ3v) is 5.31. The maximum Gasteiger partial charge on any atom is 0.338 e. The number of carboxylic acid groups (broad SMARTS) is 1. The van der Waals surface area contributed by atoms with Gasteiger partial charge in [-0.3, -0.25) is 9.52 Å². The molecule has 30 heavy (non-hydrogen) atoms. The van der Waals surface area contributed by atoms with Crippen molar-refractivity contribution in [2.45, 2.75) is 30.7 Å². The summed E-state index contributed by atoms with van der Waals surface area (Å²) >= 11 is 0. The zero-order valence-electron chi connectivity index (χ0n) is 15.9. The van der Waals surface area contributed by atoms with Gasteiger partial charge in [0.05, 0.1) is 28.6 Å². The predicted molar refractivity (Wildman–Crippen MR) is 102 cm³/mol. The van der Waals surface area contributed by atoms with Gasteiger partial charge in [0.25, 0.3) is 15.9 Å². The van der Waals surface area contributed by atoms with Crippen molar-refractivity contribution < 1.29 is 31.9 Å². The number of anilines is 1. The number of hydrogen-bond acceptors (Lipinski definition) is 5. The smallest absolute Gasteiger partial charge is 0.338 e. The summed E-state index contributed by atoms with van der Waals surface area (Å²) in [7, 11) is -4.35. The van der Waals surface area contributed by atoms with Gasteiger partial charge in [-0.2, -0.15) is 5.26 Å². The molecule has 0 fully saturated rings. The highest BCUT2D eigenvalue weighted by molar-refractivity contribution is 7.92. The number of hydrogen-bond donors (Lipinski definition) is 3. The first-order valence-corrected chi connectivity index (χ1v) is 9.89. The van der Waals surface area contributed by atoms with E-state index in [0.717, 1.165) is 12.1 Å². The van der Waals surface area contributed by atoms with E-state index in [-0.39, 0.29) is 16.9 Å². The van der Waals surface area contributed by atoms with E-state index < -0.39 is 50.3 Å². The molecule has 0 unspecified atom stereocenters. The molecule has 3 N–H and O–H groups in total. The number of halogens is 2. The summed E-state index contributed by atoms with van der Waals surface area (Å²) in [5.74, 6) is -4.81. The monoisotopic (exact) mass is 437 g/mol. The average molecular weight is 437 g/mol. The van der Waals surface area contributed by atoms with Gasteiger partial charge >= 0.3 is 5.97 Å². The molecule has 0 heterocycles. The first kappa shape index (κ1) is 22.8. The van der Waals surface area contributed by atoms with Crippen LogP contribution in [0.25, 0.3) is 0 Å². The lowest BCUT2D eigenvalue weighted by molar-refractivity contribution is 0.0691. The SMILES string of the molecule is CC(C)(CC#N)NC(=O)c1ccc(S(=O)(=O)Nc2cc(F)c(C(=O)O)cc2F)cc1. The molecule has 0 aliphatic carbocycles. The van der Waals surface area contributed by atoms with Gasteiger partial charge in [-0.1, -0.05) is 0 Å². The van der Waals surface area contributed by atoms with Gasteiger partial charge in [-0.15, -0.1) is 0 Å². The standard InChI is InChI=1S/C19H17F2N3O5S/c1-19(2,7-8-22)23-17(25)11-3-5-12(6-4-11)30(28,29)24-16-10-14(20)13(18(26)27)9-15(16)21/h3-6,9-10,24H,7H2,1-2H3,(H,23,25)(H,26,27). The van der Waals surface area contributed by atoms with Crippen LogP contribution in [0.5, 0.6) is 0 Å². The molecule has 158 valence electrons. The molecule has 2 aromatic rings. The van der Waals surface area contributed by atoms with Crippen LogP contribution in [-0.4, -0.2) is 30.9 Å². The van der Waals surface area contributed by atoms with Crippen LogP contribution in [0.1, 0.15) is 41.0 Å². The summed E-state index contributed by atoms with van der Waals surface area (Å²) < 4.78 is 54.4. The van der Waals surface area contributed by atoms with E-state index in [2.05, 4.69) is 5.32 Å². The fraction of sp³-hybridized carbons (Fsp3) is 0.211.